The highest BCUT2D eigenvalue weighted by atomic mass is 79.9. The Hall–Kier alpha value is -2.19. The van der Waals surface area contributed by atoms with Gasteiger partial charge >= 0.3 is 0 Å². The molecular weight excluding hydrogens is 495 g/mol. The van der Waals surface area contributed by atoms with Crippen molar-refractivity contribution in [3.63, 3.8) is 0 Å². The number of nitrogens with one attached hydrogen (secondary N) is 1. The summed E-state index contributed by atoms with van der Waals surface area (Å²) in [4.78, 5) is 17.4. The van der Waals surface area contributed by atoms with E-state index in [1.54, 1.807) is 28.9 Å². The number of halogens is 3. The van der Waals surface area contributed by atoms with Crippen LogP contribution >= 0.6 is 50.5 Å². The molecule has 2 aromatic heterocycles. The van der Waals surface area contributed by atoms with Crippen LogP contribution in [0.25, 0.3) is 16.4 Å². The Labute approximate surface area is 189 Å². The van der Waals surface area contributed by atoms with Crippen molar-refractivity contribution in [2.24, 2.45) is 0 Å². The van der Waals surface area contributed by atoms with Crippen LogP contribution in [0.5, 0.6) is 0 Å². The smallest absolute Gasteiger partial charge is 0.258 e. The minimum absolute atomic E-state index is 0.327. The topological polar surface area (TPSA) is 59.8 Å². The van der Waals surface area contributed by atoms with E-state index in [9.17, 15) is 4.79 Å². The third kappa shape index (κ3) is 4.38. The van der Waals surface area contributed by atoms with E-state index < -0.39 is 0 Å². The van der Waals surface area contributed by atoms with E-state index in [4.69, 9.17) is 23.2 Å². The van der Waals surface area contributed by atoms with Crippen LogP contribution in [0.2, 0.25) is 10.0 Å². The molecular formula is C20H13BrCl2N4OS. The van der Waals surface area contributed by atoms with Gasteiger partial charge in [0.05, 0.1) is 22.0 Å². The van der Waals surface area contributed by atoms with Crippen molar-refractivity contribution in [1.82, 2.24) is 14.8 Å². The molecule has 0 aliphatic rings. The molecule has 4 aromatic rings. The number of aryl methyl sites for hydroxylation is 1. The second kappa shape index (κ2) is 8.28. The molecule has 0 aliphatic carbocycles. The predicted octanol–water partition coefficient (Wildman–Crippen LogP) is 6.63. The quantitative estimate of drug-likeness (QED) is 0.337. The van der Waals surface area contributed by atoms with Gasteiger partial charge in [-0.1, -0.05) is 51.3 Å². The van der Waals surface area contributed by atoms with Crippen LogP contribution in [0.3, 0.4) is 0 Å². The van der Waals surface area contributed by atoms with Gasteiger partial charge in [-0.2, -0.15) is 9.78 Å². The summed E-state index contributed by atoms with van der Waals surface area (Å²) in [6.45, 7) is 1.85. The highest BCUT2D eigenvalue weighted by Gasteiger charge is 2.17. The van der Waals surface area contributed by atoms with Gasteiger partial charge in [0.15, 0.2) is 0 Å². The minimum Gasteiger partial charge on any atom is -0.306 e. The number of benzene rings is 2. The minimum atomic E-state index is -0.327. The molecule has 0 spiro atoms. The molecule has 146 valence electrons. The maximum Gasteiger partial charge on any atom is 0.258 e. The molecule has 1 N–H and O–H groups in total. The first kappa shape index (κ1) is 20.1. The standard InChI is InChI=1S/C20H13BrCl2N4OS/c1-11-8-18(25-19(28)15-9-13(21)4-7-16(15)23)27(26-11)20-24-17(10-29-20)12-2-5-14(22)6-3-12/h2-10H,1H3,(H,25,28). The molecule has 5 nitrogen and oxygen atoms in total. The van der Waals surface area contributed by atoms with Gasteiger partial charge in [0.2, 0.25) is 5.13 Å². The third-order valence-electron chi connectivity index (χ3n) is 4.06. The van der Waals surface area contributed by atoms with Crippen LogP contribution in [0.1, 0.15) is 16.1 Å². The SMILES string of the molecule is Cc1cc(NC(=O)c2cc(Br)ccc2Cl)n(-c2nc(-c3ccc(Cl)cc3)cs2)n1. The molecule has 0 unspecified atom stereocenters. The van der Waals surface area contributed by atoms with Crippen molar-refractivity contribution in [3.05, 3.63) is 79.7 Å². The van der Waals surface area contributed by atoms with Gasteiger partial charge in [-0.15, -0.1) is 11.3 Å². The molecule has 0 fully saturated rings. The Morgan fingerprint density at radius 1 is 1.14 bits per heavy atom. The zero-order chi connectivity index (χ0) is 20.5. The zero-order valence-electron chi connectivity index (χ0n) is 15.0. The maximum atomic E-state index is 12.8. The Bertz CT molecular complexity index is 1200. The molecule has 2 aromatic carbocycles. The van der Waals surface area contributed by atoms with E-state index in [1.165, 1.54) is 11.3 Å². The van der Waals surface area contributed by atoms with E-state index in [0.717, 1.165) is 21.4 Å². The van der Waals surface area contributed by atoms with Gasteiger partial charge in [-0.05, 0) is 37.3 Å². The fraction of sp³-hybridized carbons (Fsp3) is 0.0500. The van der Waals surface area contributed by atoms with E-state index in [-0.39, 0.29) is 5.91 Å². The van der Waals surface area contributed by atoms with Gasteiger partial charge in [-0.25, -0.2) is 4.98 Å². The average Bonchev–Trinajstić information content (AvgIpc) is 3.31. The van der Waals surface area contributed by atoms with Gasteiger partial charge in [0, 0.05) is 26.5 Å². The second-order valence-corrected chi connectivity index (χ2v) is 8.78. The summed E-state index contributed by atoms with van der Waals surface area (Å²) < 4.78 is 2.38. The third-order valence-corrected chi connectivity index (χ3v) is 5.95. The fourth-order valence-corrected chi connectivity index (χ4v) is 4.19. The number of carbonyl (C=O) groups excluding carboxylic acids is 1. The van der Waals surface area contributed by atoms with Crippen LogP contribution < -0.4 is 5.32 Å². The van der Waals surface area contributed by atoms with E-state index in [1.807, 2.05) is 36.6 Å². The summed E-state index contributed by atoms with van der Waals surface area (Å²) >= 11 is 16.9. The summed E-state index contributed by atoms with van der Waals surface area (Å²) in [6.07, 6.45) is 0. The molecule has 4 rings (SSSR count). The van der Waals surface area contributed by atoms with Gasteiger partial charge in [0.1, 0.15) is 5.82 Å². The van der Waals surface area contributed by atoms with Crippen LogP contribution in [-0.4, -0.2) is 20.7 Å². The molecule has 1 amide bonds. The molecule has 0 saturated heterocycles. The van der Waals surface area contributed by atoms with Gasteiger partial charge < -0.3 is 5.32 Å². The zero-order valence-corrected chi connectivity index (χ0v) is 18.9. The Kier molecular flexibility index (Phi) is 5.74. The van der Waals surface area contributed by atoms with E-state index in [0.29, 0.717) is 26.6 Å². The largest absolute Gasteiger partial charge is 0.306 e. The highest BCUT2D eigenvalue weighted by molar-refractivity contribution is 9.10. The van der Waals surface area contributed by atoms with Crippen LogP contribution in [0.4, 0.5) is 5.82 Å². The van der Waals surface area contributed by atoms with E-state index >= 15 is 0 Å². The summed E-state index contributed by atoms with van der Waals surface area (Å²) in [5.41, 5.74) is 2.88. The molecule has 0 aliphatic heterocycles. The van der Waals surface area contributed by atoms with Crippen LogP contribution in [0, 0.1) is 6.92 Å². The first-order valence-corrected chi connectivity index (χ1v) is 10.9. The van der Waals surface area contributed by atoms with E-state index in [2.05, 4.69) is 31.3 Å². The average molecular weight is 508 g/mol. The molecule has 0 radical (unpaired) electrons. The normalized spacial score (nSPS) is 10.9. The van der Waals surface area contributed by atoms with Crippen LogP contribution in [-0.2, 0) is 0 Å². The summed E-state index contributed by atoms with van der Waals surface area (Å²) in [6, 6.07) is 14.4. The number of carbonyl (C=O) groups is 1. The molecule has 29 heavy (non-hydrogen) atoms. The number of nitrogens with zero attached hydrogens (tertiary/aromatic N) is 3. The molecule has 9 heteroatoms. The highest BCUT2D eigenvalue weighted by Crippen LogP contribution is 2.28. The number of rotatable bonds is 4. The molecule has 0 saturated carbocycles. The van der Waals surface area contributed by atoms with Crippen molar-refractivity contribution in [2.75, 3.05) is 5.32 Å². The first-order valence-electron chi connectivity index (χ1n) is 8.45. The first-order chi connectivity index (χ1) is 13.9. The van der Waals surface area contributed by atoms with Gasteiger partial charge in [0.25, 0.3) is 5.91 Å². The molecule has 0 atom stereocenters. The van der Waals surface area contributed by atoms with Gasteiger partial charge in [-0.3, -0.25) is 4.79 Å². The predicted molar refractivity (Wildman–Crippen MR) is 122 cm³/mol. The second-order valence-electron chi connectivity index (χ2n) is 6.18. The number of hydrogen-bond acceptors (Lipinski definition) is 4. The van der Waals surface area contributed by atoms with Crippen molar-refractivity contribution >= 4 is 62.2 Å². The Balaban J connectivity index is 1.64. The summed E-state index contributed by atoms with van der Waals surface area (Å²) in [5, 5.41) is 11.0. The molecule has 0 bridgehead atoms. The fourth-order valence-electron chi connectivity index (χ4n) is 2.70. The lowest BCUT2D eigenvalue weighted by molar-refractivity contribution is 0.102. The number of anilines is 1. The lowest BCUT2D eigenvalue weighted by atomic mass is 10.2. The maximum absolute atomic E-state index is 12.8. The van der Waals surface area contributed by atoms with Crippen molar-refractivity contribution in [1.29, 1.82) is 0 Å². The number of amides is 1. The molecule has 2 heterocycles. The van der Waals surface area contributed by atoms with Crippen molar-refractivity contribution < 1.29 is 4.79 Å². The number of thiazole rings is 1. The van der Waals surface area contributed by atoms with Crippen molar-refractivity contribution in [3.8, 4) is 16.4 Å². The number of aromatic nitrogens is 3. The lowest BCUT2D eigenvalue weighted by Crippen LogP contribution is -2.15. The Morgan fingerprint density at radius 3 is 2.66 bits per heavy atom. The summed E-state index contributed by atoms with van der Waals surface area (Å²) in [7, 11) is 0. The summed E-state index contributed by atoms with van der Waals surface area (Å²) in [5.74, 6) is 0.187. The lowest BCUT2D eigenvalue weighted by Gasteiger charge is -2.08. The monoisotopic (exact) mass is 506 g/mol. The van der Waals surface area contributed by atoms with Crippen molar-refractivity contribution in [2.45, 2.75) is 6.92 Å². The Morgan fingerprint density at radius 2 is 1.90 bits per heavy atom. The van der Waals surface area contributed by atoms with Crippen LogP contribution in [0.15, 0.2) is 58.4 Å². The number of hydrogen-bond donors (Lipinski definition) is 1.